The van der Waals surface area contributed by atoms with Gasteiger partial charge in [0.2, 0.25) is 0 Å². The number of rotatable bonds is 9. The molecule has 0 spiro atoms. The maximum Gasteiger partial charge on any atom is 0.191 e. The minimum atomic E-state index is 0.612. The van der Waals surface area contributed by atoms with Crippen LogP contribution in [0.2, 0.25) is 0 Å². The number of aliphatic imine (C=N–C) groups is 1. The van der Waals surface area contributed by atoms with E-state index < -0.39 is 0 Å². The predicted octanol–water partition coefficient (Wildman–Crippen LogP) is 2.42. The summed E-state index contributed by atoms with van der Waals surface area (Å²) in [5, 5.41) is 7.92. The van der Waals surface area contributed by atoms with Crippen LogP contribution in [0.5, 0.6) is 0 Å². The summed E-state index contributed by atoms with van der Waals surface area (Å²) in [5.74, 6) is 0.917. The average molecular weight is 338 g/mol. The fourth-order valence-electron chi connectivity index (χ4n) is 2.69. The molecule has 0 bridgehead atoms. The third kappa shape index (κ3) is 6.47. The molecule has 0 unspecified atom stereocenters. The molecule has 5 nitrogen and oxygen atoms in total. The molecule has 2 N–H and O–H groups in total. The average Bonchev–Trinajstić information content (AvgIpc) is 3.25. The van der Waals surface area contributed by atoms with Gasteiger partial charge in [-0.2, -0.15) is 0 Å². The van der Waals surface area contributed by atoms with Crippen molar-refractivity contribution in [3.63, 3.8) is 0 Å². The van der Waals surface area contributed by atoms with Crippen LogP contribution in [-0.4, -0.2) is 54.1 Å². The Balaban J connectivity index is 1.74. The van der Waals surface area contributed by atoms with Gasteiger partial charge in [0.05, 0.1) is 11.6 Å². The first kappa shape index (κ1) is 18.2. The van der Waals surface area contributed by atoms with E-state index in [4.69, 9.17) is 4.99 Å². The molecule has 2 rings (SSSR count). The van der Waals surface area contributed by atoms with Crippen LogP contribution in [-0.2, 0) is 6.42 Å². The number of hydrogen-bond acceptors (Lipinski definition) is 4. The Labute approximate surface area is 144 Å². The van der Waals surface area contributed by atoms with Gasteiger partial charge in [-0.15, -0.1) is 11.3 Å². The van der Waals surface area contributed by atoms with E-state index in [-0.39, 0.29) is 0 Å². The van der Waals surface area contributed by atoms with Gasteiger partial charge in [0.15, 0.2) is 5.96 Å². The van der Waals surface area contributed by atoms with Crippen LogP contribution >= 0.6 is 11.3 Å². The number of nitrogens with zero attached hydrogens (tertiary/aromatic N) is 3. The summed E-state index contributed by atoms with van der Waals surface area (Å²) in [5.41, 5.74) is 0. The third-order valence-corrected chi connectivity index (χ3v) is 4.92. The Morgan fingerprint density at radius 1 is 1.43 bits per heavy atom. The Morgan fingerprint density at radius 2 is 2.22 bits per heavy atom. The topological polar surface area (TPSA) is 52.6 Å². The lowest BCUT2D eigenvalue weighted by Crippen LogP contribution is -2.40. The molecule has 0 saturated heterocycles. The maximum atomic E-state index is 4.72. The third-order valence-electron chi connectivity index (χ3n) is 3.95. The first-order valence-corrected chi connectivity index (χ1v) is 9.61. The SMILES string of the molecule is CCNC(=NCCN(C(C)C)C1CC1)NCCc1ncc(C)s1. The van der Waals surface area contributed by atoms with Crippen LogP contribution in [0.3, 0.4) is 0 Å². The number of hydrogen-bond donors (Lipinski definition) is 2. The molecule has 1 heterocycles. The van der Waals surface area contributed by atoms with Crippen molar-refractivity contribution in [1.82, 2.24) is 20.5 Å². The van der Waals surface area contributed by atoms with E-state index in [1.54, 1.807) is 11.3 Å². The lowest BCUT2D eigenvalue weighted by molar-refractivity contribution is 0.218. The van der Waals surface area contributed by atoms with E-state index >= 15 is 0 Å². The van der Waals surface area contributed by atoms with E-state index in [0.717, 1.165) is 44.6 Å². The summed E-state index contributed by atoms with van der Waals surface area (Å²) in [7, 11) is 0. The van der Waals surface area contributed by atoms with Gasteiger partial charge < -0.3 is 10.6 Å². The van der Waals surface area contributed by atoms with Gasteiger partial charge in [-0.1, -0.05) is 0 Å². The van der Waals surface area contributed by atoms with Crippen molar-refractivity contribution in [1.29, 1.82) is 0 Å². The van der Waals surface area contributed by atoms with Crippen LogP contribution < -0.4 is 10.6 Å². The minimum absolute atomic E-state index is 0.612. The van der Waals surface area contributed by atoms with Crippen molar-refractivity contribution in [2.45, 2.75) is 59.0 Å². The highest BCUT2D eigenvalue weighted by atomic mass is 32.1. The fraction of sp³-hybridized carbons (Fsp3) is 0.765. The first-order valence-electron chi connectivity index (χ1n) is 8.79. The molecule has 6 heteroatoms. The molecular formula is C17H31N5S. The van der Waals surface area contributed by atoms with Crippen molar-refractivity contribution < 1.29 is 0 Å². The molecule has 23 heavy (non-hydrogen) atoms. The van der Waals surface area contributed by atoms with Gasteiger partial charge in [0.25, 0.3) is 0 Å². The van der Waals surface area contributed by atoms with E-state index in [9.17, 15) is 0 Å². The van der Waals surface area contributed by atoms with Gasteiger partial charge in [-0.05, 0) is 40.5 Å². The summed E-state index contributed by atoms with van der Waals surface area (Å²) in [6.45, 7) is 12.4. The summed E-state index contributed by atoms with van der Waals surface area (Å²) < 4.78 is 0. The second-order valence-corrected chi connectivity index (χ2v) is 7.68. The zero-order valence-electron chi connectivity index (χ0n) is 14.9. The summed E-state index contributed by atoms with van der Waals surface area (Å²) in [6.07, 6.45) is 5.60. The Hall–Kier alpha value is -1.14. The van der Waals surface area contributed by atoms with Crippen molar-refractivity contribution in [3.05, 3.63) is 16.1 Å². The van der Waals surface area contributed by atoms with Crippen LogP contribution in [0.1, 0.15) is 43.5 Å². The van der Waals surface area contributed by atoms with Crippen molar-refractivity contribution in [3.8, 4) is 0 Å². The zero-order valence-corrected chi connectivity index (χ0v) is 15.7. The molecule has 1 saturated carbocycles. The van der Waals surface area contributed by atoms with E-state index in [1.807, 2.05) is 6.20 Å². The summed E-state index contributed by atoms with van der Waals surface area (Å²) in [6, 6.07) is 1.41. The largest absolute Gasteiger partial charge is 0.357 e. The maximum absolute atomic E-state index is 4.72. The molecule has 1 aromatic rings. The van der Waals surface area contributed by atoms with E-state index in [0.29, 0.717) is 6.04 Å². The molecule has 0 amide bonds. The number of aromatic nitrogens is 1. The summed E-state index contributed by atoms with van der Waals surface area (Å²) >= 11 is 1.77. The highest BCUT2D eigenvalue weighted by Gasteiger charge is 2.29. The lowest BCUT2D eigenvalue weighted by atomic mass is 10.3. The molecule has 130 valence electrons. The number of guanidine groups is 1. The van der Waals surface area contributed by atoms with Crippen molar-refractivity contribution in [2.24, 2.45) is 4.99 Å². The van der Waals surface area contributed by atoms with Crippen LogP contribution in [0.15, 0.2) is 11.2 Å². The molecule has 1 aliphatic carbocycles. The molecule has 0 atom stereocenters. The van der Waals surface area contributed by atoms with Gasteiger partial charge >= 0.3 is 0 Å². The zero-order chi connectivity index (χ0) is 16.7. The van der Waals surface area contributed by atoms with Crippen LogP contribution in [0.25, 0.3) is 0 Å². The molecule has 0 radical (unpaired) electrons. The Kier molecular flexibility index (Phi) is 7.30. The fourth-order valence-corrected chi connectivity index (χ4v) is 3.48. The number of nitrogens with one attached hydrogen (secondary N) is 2. The molecule has 1 aliphatic rings. The predicted molar refractivity (Wildman–Crippen MR) is 99.4 cm³/mol. The monoisotopic (exact) mass is 337 g/mol. The normalized spacial score (nSPS) is 15.5. The number of aryl methyl sites for hydroxylation is 1. The second-order valence-electron chi connectivity index (χ2n) is 6.36. The quantitative estimate of drug-likeness (QED) is 0.537. The molecular weight excluding hydrogens is 306 g/mol. The van der Waals surface area contributed by atoms with Gasteiger partial charge in [-0.25, -0.2) is 4.98 Å². The Bertz CT molecular complexity index is 491. The van der Waals surface area contributed by atoms with Crippen LogP contribution in [0, 0.1) is 6.92 Å². The van der Waals surface area contributed by atoms with Crippen LogP contribution in [0.4, 0.5) is 0 Å². The molecule has 0 aliphatic heterocycles. The molecule has 0 aromatic carbocycles. The minimum Gasteiger partial charge on any atom is -0.357 e. The summed E-state index contributed by atoms with van der Waals surface area (Å²) in [4.78, 5) is 13.0. The smallest absolute Gasteiger partial charge is 0.191 e. The van der Waals surface area contributed by atoms with Crippen molar-refractivity contribution >= 4 is 17.3 Å². The molecule has 1 fully saturated rings. The standard InChI is InChI=1S/C17H31N5S/c1-5-18-17(19-9-8-16-21-12-14(4)23-16)20-10-11-22(13(2)3)15-6-7-15/h12-13,15H,5-11H2,1-4H3,(H2,18,19,20). The first-order chi connectivity index (χ1) is 11.1. The van der Waals surface area contributed by atoms with Gasteiger partial charge in [0, 0.05) is 49.2 Å². The lowest BCUT2D eigenvalue weighted by Gasteiger charge is -2.25. The highest BCUT2D eigenvalue weighted by Crippen LogP contribution is 2.28. The molecule has 1 aromatic heterocycles. The number of thiazole rings is 1. The van der Waals surface area contributed by atoms with Crippen molar-refractivity contribution in [2.75, 3.05) is 26.2 Å². The van der Waals surface area contributed by atoms with Gasteiger partial charge in [0.1, 0.15) is 0 Å². The second kappa shape index (κ2) is 9.23. The highest BCUT2D eigenvalue weighted by molar-refractivity contribution is 7.11. The van der Waals surface area contributed by atoms with E-state index in [1.165, 1.54) is 22.7 Å². The Morgan fingerprint density at radius 3 is 2.78 bits per heavy atom. The van der Waals surface area contributed by atoms with Gasteiger partial charge in [-0.3, -0.25) is 9.89 Å². The van der Waals surface area contributed by atoms with E-state index in [2.05, 4.69) is 48.2 Å².